The number of rotatable bonds is 4. The van der Waals surface area contributed by atoms with Gasteiger partial charge in [0.1, 0.15) is 0 Å². The highest BCUT2D eigenvalue weighted by molar-refractivity contribution is 5.25. The first-order valence-electron chi connectivity index (χ1n) is 5.06. The molecule has 1 unspecified atom stereocenters. The fourth-order valence-electron chi connectivity index (χ4n) is 1.47. The number of nitrogens with zero attached hydrogens (tertiary/aromatic N) is 1. The van der Waals surface area contributed by atoms with Crippen LogP contribution in [0, 0.1) is 6.92 Å². The van der Waals surface area contributed by atoms with Crippen molar-refractivity contribution in [3.05, 3.63) is 28.2 Å². The first-order valence-corrected chi connectivity index (χ1v) is 5.06. The number of aromatic hydroxyl groups is 1. The van der Waals surface area contributed by atoms with Crippen LogP contribution in [0.15, 0.2) is 17.1 Å². The second-order valence-corrected chi connectivity index (χ2v) is 3.53. The molecule has 0 bridgehead atoms. The van der Waals surface area contributed by atoms with Gasteiger partial charge < -0.3 is 14.4 Å². The fourth-order valence-corrected chi connectivity index (χ4v) is 1.47. The molecule has 0 aromatic carbocycles. The molecule has 0 saturated carbocycles. The average Bonchev–Trinajstić information content (AvgIpc) is 2.20. The van der Waals surface area contributed by atoms with Gasteiger partial charge in [0.2, 0.25) is 5.43 Å². The van der Waals surface area contributed by atoms with Gasteiger partial charge in [-0.1, -0.05) is 0 Å². The van der Waals surface area contributed by atoms with Gasteiger partial charge in [0.25, 0.3) is 0 Å². The van der Waals surface area contributed by atoms with Crippen LogP contribution in [0.25, 0.3) is 0 Å². The van der Waals surface area contributed by atoms with Crippen molar-refractivity contribution in [2.75, 3.05) is 6.61 Å². The largest absolute Gasteiger partial charge is 0.503 e. The molecule has 0 aliphatic carbocycles. The maximum atomic E-state index is 11.1. The van der Waals surface area contributed by atoms with Crippen LogP contribution in [0.3, 0.4) is 0 Å². The van der Waals surface area contributed by atoms with E-state index >= 15 is 0 Å². The first kappa shape index (κ1) is 11.8. The quantitative estimate of drug-likeness (QED) is 0.816. The third-order valence-electron chi connectivity index (χ3n) is 2.32. The van der Waals surface area contributed by atoms with E-state index in [0.717, 1.165) is 0 Å². The molecule has 0 aliphatic heterocycles. The van der Waals surface area contributed by atoms with Crippen molar-refractivity contribution >= 4 is 0 Å². The Morgan fingerprint density at radius 2 is 2.27 bits per heavy atom. The molecule has 1 aromatic heterocycles. The van der Waals surface area contributed by atoms with Gasteiger partial charge in [-0.25, -0.2) is 0 Å². The Bertz CT molecular complexity index is 384. The van der Waals surface area contributed by atoms with Gasteiger partial charge in [-0.15, -0.1) is 0 Å². The van der Waals surface area contributed by atoms with Gasteiger partial charge in [0.15, 0.2) is 5.75 Å². The fraction of sp³-hybridized carbons (Fsp3) is 0.545. The second kappa shape index (κ2) is 4.98. The Morgan fingerprint density at radius 1 is 1.60 bits per heavy atom. The zero-order valence-corrected chi connectivity index (χ0v) is 9.36. The van der Waals surface area contributed by atoms with E-state index in [2.05, 4.69) is 0 Å². The summed E-state index contributed by atoms with van der Waals surface area (Å²) in [5.74, 6) is -0.179. The molecule has 0 saturated heterocycles. The minimum atomic E-state index is -0.340. The molecule has 0 amide bonds. The molecule has 0 spiro atoms. The summed E-state index contributed by atoms with van der Waals surface area (Å²) in [7, 11) is 0. The molecular weight excluding hydrogens is 194 g/mol. The van der Waals surface area contributed by atoms with E-state index in [1.807, 2.05) is 18.4 Å². The maximum Gasteiger partial charge on any atom is 0.223 e. The van der Waals surface area contributed by atoms with Crippen molar-refractivity contribution in [1.29, 1.82) is 0 Å². The lowest BCUT2D eigenvalue weighted by Gasteiger charge is -2.16. The minimum Gasteiger partial charge on any atom is -0.503 e. The van der Waals surface area contributed by atoms with E-state index in [-0.39, 0.29) is 17.3 Å². The van der Waals surface area contributed by atoms with Crippen LogP contribution >= 0.6 is 0 Å². The van der Waals surface area contributed by atoms with Gasteiger partial charge in [-0.3, -0.25) is 4.79 Å². The third kappa shape index (κ3) is 2.83. The number of hydrogen-bond donors (Lipinski definition) is 1. The van der Waals surface area contributed by atoms with Crippen LogP contribution < -0.4 is 5.43 Å². The van der Waals surface area contributed by atoms with Crippen molar-refractivity contribution < 1.29 is 9.84 Å². The molecule has 84 valence electrons. The van der Waals surface area contributed by atoms with Crippen LogP contribution in [-0.2, 0) is 11.3 Å². The Balaban J connectivity index is 2.87. The summed E-state index contributed by atoms with van der Waals surface area (Å²) in [5.41, 5.74) is 0.238. The highest BCUT2D eigenvalue weighted by Gasteiger charge is 2.08. The third-order valence-corrected chi connectivity index (χ3v) is 2.32. The normalized spacial score (nSPS) is 12.7. The predicted octanol–water partition coefficient (Wildman–Crippen LogP) is 1.29. The Kier molecular flexibility index (Phi) is 3.91. The van der Waals surface area contributed by atoms with Gasteiger partial charge in [-0.2, -0.15) is 0 Å². The van der Waals surface area contributed by atoms with Crippen molar-refractivity contribution in [1.82, 2.24) is 4.57 Å². The lowest BCUT2D eigenvalue weighted by molar-refractivity contribution is 0.0633. The van der Waals surface area contributed by atoms with E-state index in [4.69, 9.17) is 4.74 Å². The highest BCUT2D eigenvalue weighted by atomic mass is 16.5. The van der Waals surface area contributed by atoms with E-state index in [1.165, 1.54) is 6.07 Å². The summed E-state index contributed by atoms with van der Waals surface area (Å²) in [4.78, 5) is 11.1. The molecule has 1 atom stereocenters. The van der Waals surface area contributed by atoms with Crippen LogP contribution in [0.4, 0.5) is 0 Å². The van der Waals surface area contributed by atoms with E-state index < -0.39 is 0 Å². The summed E-state index contributed by atoms with van der Waals surface area (Å²) in [5, 5.41) is 9.46. The van der Waals surface area contributed by atoms with Gasteiger partial charge in [-0.05, 0) is 20.8 Å². The average molecular weight is 211 g/mol. The number of hydrogen-bond acceptors (Lipinski definition) is 3. The van der Waals surface area contributed by atoms with Gasteiger partial charge in [0.05, 0.1) is 11.8 Å². The second-order valence-electron chi connectivity index (χ2n) is 3.53. The Hall–Kier alpha value is -1.29. The van der Waals surface area contributed by atoms with Crippen molar-refractivity contribution in [2.24, 2.45) is 0 Å². The lowest BCUT2D eigenvalue weighted by atomic mass is 10.3. The molecule has 0 aliphatic rings. The molecule has 0 radical (unpaired) electrons. The van der Waals surface area contributed by atoms with E-state index in [0.29, 0.717) is 18.8 Å². The predicted molar refractivity (Wildman–Crippen MR) is 58.2 cm³/mol. The van der Waals surface area contributed by atoms with Crippen molar-refractivity contribution in [3.8, 4) is 5.75 Å². The highest BCUT2D eigenvalue weighted by Crippen LogP contribution is 2.10. The van der Waals surface area contributed by atoms with Gasteiger partial charge >= 0.3 is 0 Å². The van der Waals surface area contributed by atoms with Crippen molar-refractivity contribution in [3.63, 3.8) is 0 Å². The number of ether oxygens (including phenoxy) is 1. The maximum absolute atomic E-state index is 11.1. The smallest absolute Gasteiger partial charge is 0.223 e. The summed E-state index contributed by atoms with van der Waals surface area (Å²) >= 11 is 0. The molecule has 4 nitrogen and oxygen atoms in total. The molecule has 1 rings (SSSR count). The molecule has 0 fully saturated rings. The summed E-state index contributed by atoms with van der Waals surface area (Å²) < 4.78 is 7.21. The van der Waals surface area contributed by atoms with E-state index in [1.54, 1.807) is 13.1 Å². The standard InChI is InChI=1S/C11H17NO3/c1-4-15-8(2)7-12-6-5-10(13)11(14)9(12)3/h5-6,8,14H,4,7H2,1-3H3. The lowest BCUT2D eigenvalue weighted by Crippen LogP contribution is -2.19. The minimum absolute atomic E-state index is 0.0654. The monoisotopic (exact) mass is 211 g/mol. The van der Waals surface area contributed by atoms with Crippen LogP contribution in [-0.4, -0.2) is 22.4 Å². The SMILES string of the molecule is CCOC(C)Cn1ccc(=O)c(O)c1C. The Labute approximate surface area is 89.1 Å². The summed E-state index contributed by atoms with van der Waals surface area (Å²) in [6.45, 7) is 6.90. The molecule has 15 heavy (non-hydrogen) atoms. The molecule has 1 heterocycles. The molecular formula is C11H17NO3. The molecule has 1 N–H and O–H groups in total. The number of pyridine rings is 1. The van der Waals surface area contributed by atoms with Crippen LogP contribution in [0.2, 0.25) is 0 Å². The topological polar surface area (TPSA) is 51.5 Å². The zero-order valence-electron chi connectivity index (χ0n) is 9.36. The Morgan fingerprint density at radius 3 is 2.87 bits per heavy atom. The zero-order chi connectivity index (χ0) is 11.4. The summed E-state index contributed by atoms with van der Waals surface area (Å²) in [6, 6.07) is 1.36. The van der Waals surface area contributed by atoms with Crippen molar-refractivity contribution in [2.45, 2.75) is 33.4 Å². The molecule has 4 heteroatoms. The summed E-state index contributed by atoms with van der Waals surface area (Å²) in [6.07, 6.45) is 1.74. The van der Waals surface area contributed by atoms with Crippen LogP contribution in [0.5, 0.6) is 5.75 Å². The van der Waals surface area contributed by atoms with Crippen LogP contribution in [0.1, 0.15) is 19.5 Å². The first-order chi connectivity index (χ1) is 7.06. The van der Waals surface area contributed by atoms with E-state index in [9.17, 15) is 9.90 Å². The van der Waals surface area contributed by atoms with Gasteiger partial charge in [0, 0.05) is 25.4 Å². The molecule has 1 aromatic rings. The number of aromatic nitrogens is 1.